The Bertz CT molecular complexity index is 389. The molecule has 0 fully saturated rings. The predicted octanol–water partition coefficient (Wildman–Crippen LogP) is 4.81. The van der Waals surface area contributed by atoms with E-state index >= 15 is 0 Å². The fraction of sp³-hybridized carbons (Fsp3) is 0.444. The Balaban J connectivity index is 0.000000861. The summed E-state index contributed by atoms with van der Waals surface area (Å²) in [5, 5.41) is 0. The van der Waals surface area contributed by atoms with Gasteiger partial charge in [-0.15, -0.1) is 0 Å². The van der Waals surface area contributed by atoms with Crippen LogP contribution < -0.4 is 5.73 Å². The standard InChI is InChI=1S/C16H21N.C2H6/c17-13-7-12-16(14-8-3-1-4-9-14)15-10-5-2-6-11-15;1-2/h1,3-5,8-11,16H,2,6-7,12-13,17H2;1-2H3. The molecule has 1 atom stereocenters. The fourth-order valence-corrected chi connectivity index (χ4v) is 2.43. The van der Waals surface area contributed by atoms with Gasteiger partial charge >= 0.3 is 0 Å². The van der Waals surface area contributed by atoms with Gasteiger partial charge in [0.1, 0.15) is 0 Å². The smallest absolute Gasteiger partial charge is 0.00865 e. The molecule has 2 N–H and O–H groups in total. The number of nitrogens with two attached hydrogens (primary N) is 1. The van der Waals surface area contributed by atoms with Crippen molar-refractivity contribution in [1.29, 1.82) is 0 Å². The molecule has 1 aliphatic rings. The molecule has 0 saturated heterocycles. The number of allylic oxidation sites excluding steroid dienone is 4. The summed E-state index contributed by atoms with van der Waals surface area (Å²) in [4.78, 5) is 0. The molecule has 0 radical (unpaired) electrons. The molecule has 0 aliphatic heterocycles. The molecule has 0 saturated carbocycles. The van der Waals surface area contributed by atoms with Crippen molar-refractivity contribution in [3.8, 4) is 0 Å². The van der Waals surface area contributed by atoms with Crippen LogP contribution in [0.3, 0.4) is 0 Å². The third kappa shape index (κ3) is 5.04. The second kappa shape index (κ2) is 9.57. The SMILES string of the molecule is CC.NCCCC(C1=CCCC=C1)c1ccccc1. The summed E-state index contributed by atoms with van der Waals surface area (Å²) in [7, 11) is 0. The van der Waals surface area contributed by atoms with Crippen LogP contribution in [0, 0.1) is 0 Å². The van der Waals surface area contributed by atoms with Crippen molar-refractivity contribution in [2.24, 2.45) is 5.73 Å². The number of benzene rings is 1. The van der Waals surface area contributed by atoms with Crippen LogP contribution in [0.4, 0.5) is 0 Å². The first kappa shape index (κ1) is 15.7. The molecule has 0 amide bonds. The van der Waals surface area contributed by atoms with Crippen molar-refractivity contribution >= 4 is 0 Å². The van der Waals surface area contributed by atoms with E-state index in [0.717, 1.165) is 19.4 Å². The summed E-state index contributed by atoms with van der Waals surface area (Å²) in [6.45, 7) is 4.78. The minimum Gasteiger partial charge on any atom is -0.330 e. The van der Waals surface area contributed by atoms with E-state index in [-0.39, 0.29) is 0 Å². The van der Waals surface area contributed by atoms with E-state index in [1.54, 1.807) is 0 Å². The van der Waals surface area contributed by atoms with Crippen molar-refractivity contribution in [1.82, 2.24) is 0 Å². The molecule has 1 nitrogen and oxygen atoms in total. The highest BCUT2D eigenvalue weighted by molar-refractivity contribution is 5.36. The van der Waals surface area contributed by atoms with E-state index in [0.29, 0.717) is 5.92 Å². The summed E-state index contributed by atoms with van der Waals surface area (Å²) in [6, 6.07) is 10.8. The van der Waals surface area contributed by atoms with Gasteiger partial charge in [0.15, 0.2) is 0 Å². The first-order valence-corrected chi connectivity index (χ1v) is 7.53. The van der Waals surface area contributed by atoms with Gasteiger partial charge in [0, 0.05) is 5.92 Å². The van der Waals surface area contributed by atoms with Crippen molar-refractivity contribution < 1.29 is 0 Å². The maximum atomic E-state index is 5.65. The fourth-order valence-electron chi connectivity index (χ4n) is 2.43. The van der Waals surface area contributed by atoms with Crippen molar-refractivity contribution in [3.63, 3.8) is 0 Å². The van der Waals surface area contributed by atoms with Crippen LogP contribution in [0.1, 0.15) is 51.0 Å². The molecule has 1 unspecified atom stereocenters. The summed E-state index contributed by atoms with van der Waals surface area (Å²) < 4.78 is 0. The van der Waals surface area contributed by atoms with Gasteiger partial charge in [0.05, 0.1) is 0 Å². The molecule has 0 bridgehead atoms. The average molecular weight is 257 g/mol. The lowest BCUT2D eigenvalue weighted by Gasteiger charge is -2.20. The van der Waals surface area contributed by atoms with Gasteiger partial charge in [-0.3, -0.25) is 0 Å². The molecule has 19 heavy (non-hydrogen) atoms. The molecule has 1 aromatic carbocycles. The minimum atomic E-state index is 0.524. The Kier molecular flexibility index (Phi) is 7.92. The average Bonchev–Trinajstić information content (AvgIpc) is 2.52. The van der Waals surface area contributed by atoms with E-state index in [9.17, 15) is 0 Å². The largest absolute Gasteiger partial charge is 0.330 e. The summed E-state index contributed by atoms with van der Waals surface area (Å²) in [5.74, 6) is 0.524. The van der Waals surface area contributed by atoms with Crippen LogP contribution >= 0.6 is 0 Å². The quantitative estimate of drug-likeness (QED) is 0.804. The molecule has 2 rings (SSSR count). The number of hydrogen-bond acceptors (Lipinski definition) is 1. The van der Waals surface area contributed by atoms with Gasteiger partial charge < -0.3 is 5.73 Å². The highest BCUT2D eigenvalue weighted by Gasteiger charge is 2.15. The second-order valence-electron chi connectivity index (χ2n) is 4.58. The highest BCUT2D eigenvalue weighted by Crippen LogP contribution is 2.31. The number of hydrogen-bond donors (Lipinski definition) is 1. The van der Waals surface area contributed by atoms with E-state index < -0.39 is 0 Å². The summed E-state index contributed by atoms with van der Waals surface area (Å²) >= 11 is 0. The lowest BCUT2D eigenvalue weighted by atomic mass is 9.85. The molecule has 0 heterocycles. The minimum absolute atomic E-state index is 0.524. The topological polar surface area (TPSA) is 26.0 Å². The van der Waals surface area contributed by atoms with E-state index in [1.165, 1.54) is 24.0 Å². The first-order valence-electron chi connectivity index (χ1n) is 7.53. The Morgan fingerprint density at radius 1 is 1.11 bits per heavy atom. The molecule has 1 aromatic rings. The Hall–Kier alpha value is -1.34. The predicted molar refractivity (Wildman–Crippen MR) is 85.3 cm³/mol. The molecule has 1 heteroatoms. The van der Waals surface area contributed by atoms with Gasteiger partial charge in [0.25, 0.3) is 0 Å². The summed E-state index contributed by atoms with van der Waals surface area (Å²) in [6.07, 6.45) is 11.6. The van der Waals surface area contributed by atoms with Crippen LogP contribution in [-0.2, 0) is 0 Å². The molecule has 104 valence electrons. The molecule has 1 aliphatic carbocycles. The second-order valence-corrected chi connectivity index (χ2v) is 4.58. The maximum Gasteiger partial charge on any atom is 0.00865 e. The van der Waals surface area contributed by atoms with Gasteiger partial charge in [-0.1, -0.05) is 62.4 Å². The number of rotatable bonds is 5. The van der Waals surface area contributed by atoms with E-state index in [1.807, 2.05) is 13.8 Å². The van der Waals surface area contributed by atoms with Crippen LogP contribution in [-0.4, -0.2) is 6.54 Å². The lowest BCUT2D eigenvalue weighted by Crippen LogP contribution is -2.07. The zero-order valence-corrected chi connectivity index (χ0v) is 12.3. The van der Waals surface area contributed by atoms with Crippen LogP contribution in [0.25, 0.3) is 0 Å². The lowest BCUT2D eigenvalue weighted by molar-refractivity contribution is 0.663. The third-order valence-electron chi connectivity index (χ3n) is 3.32. The van der Waals surface area contributed by atoms with Crippen molar-refractivity contribution in [2.45, 2.75) is 45.4 Å². The molecule has 0 aromatic heterocycles. The van der Waals surface area contributed by atoms with Gasteiger partial charge in [-0.05, 0) is 43.4 Å². The summed E-state index contributed by atoms with van der Waals surface area (Å²) in [5.41, 5.74) is 8.53. The maximum absolute atomic E-state index is 5.65. The normalized spacial score (nSPS) is 15.2. The van der Waals surface area contributed by atoms with E-state index in [4.69, 9.17) is 5.73 Å². The van der Waals surface area contributed by atoms with E-state index in [2.05, 4.69) is 48.6 Å². The van der Waals surface area contributed by atoms with Crippen molar-refractivity contribution in [2.75, 3.05) is 6.54 Å². The molecular formula is C18H27N. The van der Waals surface area contributed by atoms with Crippen LogP contribution in [0.2, 0.25) is 0 Å². The van der Waals surface area contributed by atoms with Gasteiger partial charge in [-0.2, -0.15) is 0 Å². The Labute approximate surface area is 118 Å². The zero-order valence-electron chi connectivity index (χ0n) is 12.3. The highest BCUT2D eigenvalue weighted by atomic mass is 14.5. The Morgan fingerprint density at radius 2 is 1.84 bits per heavy atom. The zero-order chi connectivity index (χ0) is 13.9. The van der Waals surface area contributed by atoms with Crippen molar-refractivity contribution in [3.05, 3.63) is 59.7 Å². The Morgan fingerprint density at radius 3 is 2.42 bits per heavy atom. The van der Waals surface area contributed by atoms with Gasteiger partial charge in [-0.25, -0.2) is 0 Å². The first-order chi connectivity index (χ1) is 9.42. The van der Waals surface area contributed by atoms with Crippen LogP contribution in [0.15, 0.2) is 54.1 Å². The monoisotopic (exact) mass is 257 g/mol. The third-order valence-corrected chi connectivity index (χ3v) is 3.32. The molecule has 0 spiro atoms. The van der Waals surface area contributed by atoms with Crippen LogP contribution in [0.5, 0.6) is 0 Å². The van der Waals surface area contributed by atoms with Gasteiger partial charge in [0.2, 0.25) is 0 Å². The molecular weight excluding hydrogens is 230 g/mol.